The molecule has 1 N–H and O–H groups in total. The van der Waals surface area contributed by atoms with Crippen LogP contribution in [0.4, 0.5) is 5.13 Å². The van der Waals surface area contributed by atoms with Crippen molar-refractivity contribution in [3.8, 4) is 5.75 Å². The second kappa shape index (κ2) is 10.4. The van der Waals surface area contributed by atoms with Crippen LogP contribution in [-0.4, -0.2) is 43.8 Å². The third-order valence-corrected chi connectivity index (χ3v) is 8.01. The number of nitrogens with zero attached hydrogens (tertiary/aromatic N) is 2. The van der Waals surface area contributed by atoms with Gasteiger partial charge in [0.2, 0.25) is 10.0 Å². The summed E-state index contributed by atoms with van der Waals surface area (Å²) in [6.45, 7) is 4.14. The Morgan fingerprint density at radius 2 is 1.94 bits per heavy atom. The molecule has 1 heterocycles. The van der Waals surface area contributed by atoms with Crippen LogP contribution < -0.4 is 10.1 Å². The van der Waals surface area contributed by atoms with Crippen molar-refractivity contribution in [3.63, 3.8) is 0 Å². The molecule has 0 fully saturated rings. The minimum atomic E-state index is -3.80. The van der Waals surface area contributed by atoms with E-state index in [9.17, 15) is 13.2 Å². The number of amides is 1. The first-order chi connectivity index (χ1) is 15.3. The molecule has 0 spiro atoms. The Bertz CT molecular complexity index is 1210. The van der Waals surface area contributed by atoms with E-state index >= 15 is 0 Å². The van der Waals surface area contributed by atoms with Crippen molar-refractivity contribution in [2.45, 2.75) is 25.2 Å². The smallest absolute Gasteiger partial charge is 0.257 e. The lowest BCUT2D eigenvalue weighted by Gasteiger charge is -2.20. The number of carbonyl (C=O) groups excluding carboxylic acids is 1. The zero-order valence-electron chi connectivity index (χ0n) is 18.0. The number of hydrogen-bond donors (Lipinski definition) is 1. The number of hydrogen-bond acceptors (Lipinski definition) is 6. The number of aromatic nitrogens is 1. The first-order valence-electron chi connectivity index (χ1n) is 9.97. The van der Waals surface area contributed by atoms with E-state index < -0.39 is 15.9 Å². The molecule has 0 radical (unpaired) electrons. The monoisotopic (exact) mass is 493 g/mol. The Balaban J connectivity index is 1.81. The number of ether oxygens (including phenoxy) is 1. The summed E-state index contributed by atoms with van der Waals surface area (Å²) in [5, 5.41) is 3.83. The van der Waals surface area contributed by atoms with Crippen LogP contribution in [0, 0.1) is 0 Å². The fourth-order valence-electron chi connectivity index (χ4n) is 3.19. The summed E-state index contributed by atoms with van der Waals surface area (Å²) in [5.74, 6) is -0.265. The summed E-state index contributed by atoms with van der Waals surface area (Å²) in [6.07, 6.45) is 2.34. The zero-order valence-corrected chi connectivity index (χ0v) is 20.4. The summed E-state index contributed by atoms with van der Waals surface area (Å²) < 4.78 is 32.6. The maximum Gasteiger partial charge on any atom is 0.257 e. The molecule has 0 aliphatic heterocycles. The van der Waals surface area contributed by atoms with E-state index in [0.717, 1.165) is 10.4 Å². The van der Waals surface area contributed by atoms with Crippen LogP contribution in [0.1, 0.15) is 34.6 Å². The molecule has 0 aliphatic rings. The Hall–Kier alpha value is -2.46. The van der Waals surface area contributed by atoms with Gasteiger partial charge in [0, 0.05) is 41.2 Å². The van der Waals surface area contributed by atoms with E-state index in [1.165, 1.54) is 41.0 Å². The standard InChI is InChI=1S/C22H24ClN3O4S2/c1-4-26(5-2)32(28,29)20-13-16(9-10-19(20)30-3)21(27)25-22-24-14-18(31-22)12-15-7-6-8-17(23)11-15/h6-11,13-14H,4-5,12H2,1-3H3,(H,24,25,27). The average Bonchev–Trinajstić information content (AvgIpc) is 3.20. The fourth-order valence-corrected chi connectivity index (χ4v) is 5.88. The molecule has 3 rings (SSSR count). The van der Waals surface area contributed by atoms with Crippen LogP contribution >= 0.6 is 22.9 Å². The molecule has 10 heteroatoms. The molecule has 1 aromatic heterocycles. The van der Waals surface area contributed by atoms with Crippen LogP contribution in [0.2, 0.25) is 5.02 Å². The lowest BCUT2D eigenvalue weighted by atomic mass is 10.1. The van der Waals surface area contributed by atoms with E-state index in [1.54, 1.807) is 20.0 Å². The average molecular weight is 494 g/mol. The lowest BCUT2D eigenvalue weighted by Crippen LogP contribution is -2.31. The second-order valence-corrected chi connectivity index (χ2v) is 10.3. The van der Waals surface area contributed by atoms with Gasteiger partial charge in [0.25, 0.3) is 5.91 Å². The number of sulfonamides is 1. The maximum absolute atomic E-state index is 13.0. The summed E-state index contributed by atoms with van der Waals surface area (Å²) in [5.41, 5.74) is 1.24. The SMILES string of the molecule is CCN(CC)S(=O)(=O)c1cc(C(=O)Nc2ncc(Cc3cccc(Cl)c3)s2)ccc1OC. The van der Waals surface area contributed by atoms with Gasteiger partial charge in [-0.3, -0.25) is 10.1 Å². The molecule has 0 bridgehead atoms. The van der Waals surface area contributed by atoms with Crippen LogP contribution in [0.25, 0.3) is 0 Å². The number of rotatable bonds is 9. The van der Waals surface area contributed by atoms with Crippen molar-refractivity contribution in [2.75, 3.05) is 25.5 Å². The number of methoxy groups -OCH3 is 1. The minimum absolute atomic E-state index is 0.0443. The third kappa shape index (κ3) is 5.47. The number of carbonyl (C=O) groups is 1. The van der Waals surface area contributed by atoms with E-state index in [0.29, 0.717) is 29.7 Å². The lowest BCUT2D eigenvalue weighted by molar-refractivity contribution is 0.102. The minimum Gasteiger partial charge on any atom is -0.495 e. The van der Waals surface area contributed by atoms with E-state index in [2.05, 4.69) is 10.3 Å². The van der Waals surface area contributed by atoms with Crippen molar-refractivity contribution in [3.05, 3.63) is 69.7 Å². The highest BCUT2D eigenvalue weighted by molar-refractivity contribution is 7.89. The molecule has 170 valence electrons. The van der Waals surface area contributed by atoms with Crippen molar-refractivity contribution in [1.82, 2.24) is 9.29 Å². The highest BCUT2D eigenvalue weighted by atomic mass is 35.5. The molecule has 0 saturated carbocycles. The predicted octanol–water partition coefficient (Wildman–Crippen LogP) is 4.68. The van der Waals surface area contributed by atoms with Gasteiger partial charge in [-0.1, -0.05) is 37.6 Å². The zero-order chi connectivity index (χ0) is 23.3. The van der Waals surface area contributed by atoms with Gasteiger partial charge in [-0.15, -0.1) is 11.3 Å². The van der Waals surface area contributed by atoms with Crippen LogP contribution in [0.15, 0.2) is 53.6 Å². The van der Waals surface area contributed by atoms with Gasteiger partial charge in [-0.05, 0) is 35.9 Å². The van der Waals surface area contributed by atoms with Crippen LogP contribution in [0.3, 0.4) is 0 Å². The first-order valence-corrected chi connectivity index (χ1v) is 12.6. The van der Waals surface area contributed by atoms with Crippen molar-refractivity contribution >= 4 is 44.0 Å². The number of halogens is 1. The highest BCUT2D eigenvalue weighted by Crippen LogP contribution is 2.29. The van der Waals surface area contributed by atoms with Gasteiger partial charge in [0.1, 0.15) is 10.6 Å². The molecule has 0 saturated heterocycles. The van der Waals surface area contributed by atoms with Gasteiger partial charge in [-0.2, -0.15) is 4.31 Å². The molecule has 0 aliphatic carbocycles. The molecular weight excluding hydrogens is 470 g/mol. The summed E-state index contributed by atoms with van der Waals surface area (Å²) >= 11 is 7.38. The topological polar surface area (TPSA) is 88.6 Å². The Morgan fingerprint density at radius 3 is 2.59 bits per heavy atom. The molecule has 1 amide bonds. The summed E-state index contributed by atoms with van der Waals surface area (Å²) in [4.78, 5) is 18.0. The number of benzene rings is 2. The Labute approximate surface area is 197 Å². The van der Waals surface area contributed by atoms with Gasteiger partial charge in [-0.25, -0.2) is 13.4 Å². The number of nitrogens with one attached hydrogen (secondary N) is 1. The van der Waals surface area contributed by atoms with Gasteiger partial charge >= 0.3 is 0 Å². The summed E-state index contributed by atoms with van der Waals surface area (Å²) in [6, 6.07) is 11.9. The van der Waals surface area contributed by atoms with Crippen LogP contribution in [-0.2, 0) is 16.4 Å². The molecular formula is C22H24ClN3O4S2. The van der Waals surface area contributed by atoms with Gasteiger partial charge in [0.05, 0.1) is 7.11 Å². The highest BCUT2D eigenvalue weighted by Gasteiger charge is 2.27. The maximum atomic E-state index is 13.0. The third-order valence-electron chi connectivity index (χ3n) is 4.79. The molecule has 32 heavy (non-hydrogen) atoms. The van der Waals surface area contributed by atoms with Gasteiger partial charge < -0.3 is 4.74 Å². The van der Waals surface area contributed by atoms with E-state index in [1.807, 2.05) is 24.3 Å². The summed E-state index contributed by atoms with van der Waals surface area (Å²) in [7, 11) is -2.41. The number of anilines is 1. The largest absolute Gasteiger partial charge is 0.495 e. The molecule has 7 nitrogen and oxygen atoms in total. The van der Waals surface area contributed by atoms with E-state index in [4.69, 9.17) is 16.3 Å². The quantitative estimate of drug-likeness (QED) is 0.467. The normalized spacial score (nSPS) is 11.5. The Morgan fingerprint density at radius 1 is 1.19 bits per heavy atom. The first kappa shape index (κ1) is 24.2. The molecule has 0 atom stereocenters. The Kier molecular flexibility index (Phi) is 7.89. The van der Waals surface area contributed by atoms with Crippen LogP contribution in [0.5, 0.6) is 5.75 Å². The van der Waals surface area contributed by atoms with Crippen molar-refractivity contribution in [2.24, 2.45) is 0 Å². The van der Waals surface area contributed by atoms with Crippen molar-refractivity contribution < 1.29 is 17.9 Å². The fraction of sp³-hybridized carbons (Fsp3) is 0.273. The predicted molar refractivity (Wildman–Crippen MR) is 127 cm³/mol. The van der Waals surface area contributed by atoms with Gasteiger partial charge in [0.15, 0.2) is 5.13 Å². The molecule has 2 aromatic carbocycles. The molecule has 3 aromatic rings. The van der Waals surface area contributed by atoms with Crippen molar-refractivity contribution in [1.29, 1.82) is 0 Å². The number of thiazole rings is 1. The molecule has 0 unspecified atom stereocenters. The second-order valence-electron chi connectivity index (χ2n) is 6.85. The van der Waals surface area contributed by atoms with E-state index in [-0.39, 0.29) is 16.2 Å².